The van der Waals surface area contributed by atoms with Gasteiger partial charge in [0, 0.05) is 18.1 Å². The van der Waals surface area contributed by atoms with E-state index < -0.39 is 0 Å². The van der Waals surface area contributed by atoms with Crippen molar-refractivity contribution in [1.29, 1.82) is 0 Å². The van der Waals surface area contributed by atoms with Gasteiger partial charge < -0.3 is 14.8 Å². The molecule has 0 saturated carbocycles. The number of aryl methyl sites for hydroxylation is 1. The molecule has 0 heterocycles. The number of anilines is 1. The molecule has 2 aromatic rings. The maximum absolute atomic E-state index is 12.2. The van der Waals surface area contributed by atoms with Gasteiger partial charge in [0.25, 0.3) is 0 Å². The van der Waals surface area contributed by atoms with Crippen molar-refractivity contribution in [2.45, 2.75) is 19.8 Å². The molecule has 0 atom stereocenters. The fraction of sp³-hybridized carbons (Fsp3) is 0.263. The molecule has 0 aliphatic heterocycles. The Morgan fingerprint density at radius 3 is 2.21 bits per heavy atom. The van der Waals surface area contributed by atoms with Crippen molar-refractivity contribution >= 4 is 17.4 Å². The predicted molar refractivity (Wildman–Crippen MR) is 92.9 cm³/mol. The Kier molecular flexibility index (Phi) is 5.95. The zero-order valence-corrected chi connectivity index (χ0v) is 14.1. The number of carbonyl (C=O) groups is 2. The minimum Gasteiger partial charge on any atom is -0.493 e. The molecular weight excluding hydrogens is 306 g/mol. The van der Waals surface area contributed by atoms with Crippen molar-refractivity contribution in [3.05, 3.63) is 53.6 Å². The van der Waals surface area contributed by atoms with Crippen LogP contribution in [0.5, 0.6) is 11.5 Å². The molecule has 0 aliphatic carbocycles. The van der Waals surface area contributed by atoms with E-state index in [0.29, 0.717) is 35.6 Å². The first-order valence-corrected chi connectivity index (χ1v) is 7.66. The molecule has 0 unspecified atom stereocenters. The average molecular weight is 327 g/mol. The molecule has 0 saturated heterocycles. The average Bonchev–Trinajstić information content (AvgIpc) is 2.60. The highest BCUT2D eigenvalue weighted by Crippen LogP contribution is 2.33. The molecule has 24 heavy (non-hydrogen) atoms. The van der Waals surface area contributed by atoms with Crippen LogP contribution in [0.4, 0.5) is 5.69 Å². The van der Waals surface area contributed by atoms with Crippen LogP contribution in [0.1, 0.15) is 29.3 Å². The molecule has 1 N–H and O–H groups in total. The minimum absolute atomic E-state index is 0.158. The number of ether oxygens (including phenoxy) is 2. The van der Waals surface area contributed by atoms with Crippen LogP contribution >= 0.6 is 0 Å². The Bertz CT molecular complexity index is 726. The third kappa shape index (κ3) is 4.35. The Hall–Kier alpha value is -2.82. The Morgan fingerprint density at radius 2 is 1.62 bits per heavy atom. The molecule has 126 valence electrons. The zero-order chi connectivity index (χ0) is 17.5. The van der Waals surface area contributed by atoms with Crippen molar-refractivity contribution in [1.82, 2.24) is 0 Å². The highest BCUT2D eigenvalue weighted by Gasteiger charge is 2.16. The van der Waals surface area contributed by atoms with Crippen LogP contribution in [0.15, 0.2) is 42.5 Å². The SMILES string of the molecule is COc1cc(NC(=O)CCc2ccccc2)c(C(C)=O)cc1OC. The number of hydrogen-bond acceptors (Lipinski definition) is 4. The third-order valence-corrected chi connectivity index (χ3v) is 3.66. The van der Waals surface area contributed by atoms with Gasteiger partial charge in [0.1, 0.15) is 0 Å². The summed E-state index contributed by atoms with van der Waals surface area (Å²) in [4.78, 5) is 24.1. The van der Waals surface area contributed by atoms with E-state index in [2.05, 4.69) is 5.32 Å². The topological polar surface area (TPSA) is 64.6 Å². The van der Waals surface area contributed by atoms with Gasteiger partial charge in [-0.05, 0) is 25.0 Å². The summed E-state index contributed by atoms with van der Waals surface area (Å²) in [6.07, 6.45) is 0.963. The number of nitrogens with one attached hydrogen (secondary N) is 1. The van der Waals surface area contributed by atoms with E-state index in [0.717, 1.165) is 5.56 Å². The van der Waals surface area contributed by atoms with Gasteiger partial charge >= 0.3 is 0 Å². The first kappa shape index (κ1) is 17.5. The zero-order valence-electron chi connectivity index (χ0n) is 14.1. The molecule has 0 spiro atoms. The molecule has 5 heteroatoms. The molecule has 1 amide bonds. The molecule has 0 aromatic heterocycles. The van der Waals surface area contributed by atoms with Crippen LogP contribution in [0.2, 0.25) is 0 Å². The second-order valence-electron chi connectivity index (χ2n) is 5.34. The lowest BCUT2D eigenvalue weighted by atomic mass is 10.1. The van der Waals surface area contributed by atoms with Gasteiger partial charge in [-0.15, -0.1) is 0 Å². The second-order valence-corrected chi connectivity index (χ2v) is 5.34. The lowest BCUT2D eigenvalue weighted by molar-refractivity contribution is -0.116. The molecule has 0 fully saturated rings. The van der Waals surface area contributed by atoms with Gasteiger partial charge in [-0.2, -0.15) is 0 Å². The standard InChI is InChI=1S/C19H21NO4/c1-13(21)15-11-17(23-2)18(24-3)12-16(15)20-19(22)10-9-14-7-5-4-6-8-14/h4-8,11-12H,9-10H2,1-3H3,(H,20,22). The van der Waals surface area contributed by atoms with Gasteiger partial charge in [0.2, 0.25) is 5.91 Å². The first-order valence-electron chi connectivity index (χ1n) is 7.66. The van der Waals surface area contributed by atoms with Crippen molar-refractivity contribution in [2.24, 2.45) is 0 Å². The Balaban J connectivity index is 2.15. The highest BCUT2D eigenvalue weighted by atomic mass is 16.5. The number of benzene rings is 2. The highest BCUT2D eigenvalue weighted by molar-refractivity contribution is 6.04. The first-order chi connectivity index (χ1) is 11.5. The van der Waals surface area contributed by atoms with E-state index in [1.54, 1.807) is 12.1 Å². The summed E-state index contributed by atoms with van der Waals surface area (Å²) in [7, 11) is 3.01. The normalized spacial score (nSPS) is 10.1. The van der Waals surface area contributed by atoms with Crippen LogP contribution < -0.4 is 14.8 Å². The molecule has 2 rings (SSSR count). The van der Waals surface area contributed by atoms with E-state index in [-0.39, 0.29) is 11.7 Å². The Morgan fingerprint density at radius 1 is 1.00 bits per heavy atom. The number of hydrogen-bond donors (Lipinski definition) is 1. The van der Waals surface area contributed by atoms with E-state index >= 15 is 0 Å². The van der Waals surface area contributed by atoms with Gasteiger partial charge in [-0.25, -0.2) is 0 Å². The van der Waals surface area contributed by atoms with Crippen molar-refractivity contribution in [2.75, 3.05) is 19.5 Å². The fourth-order valence-corrected chi connectivity index (χ4v) is 2.39. The molecule has 5 nitrogen and oxygen atoms in total. The molecular formula is C19H21NO4. The van der Waals surface area contributed by atoms with Gasteiger partial charge in [0.15, 0.2) is 17.3 Å². The summed E-state index contributed by atoms with van der Waals surface area (Å²) >= 11 is 0. The molecule has 0 aliphatic rings. The number of Topliss-reactive ketones (excluding diaryl/α,β-unsaturated/α-hetero) is 1. The minimum atomic E-state index is -0.159. The summed E-state index contributed by atoms with van der Waals surface area (Å²) in [5, 5.41) is 2.79. The molecule has 0 radical (unpaired) electrons. The van der Waals surface area contributed by atoms with Crippen LogP contribution in [0.3, 0.4) is 0 Å². The maximum atomic E-state index is 12.2. The quantitative estimate of drug-likeness (QED) is 0.791. The van der Waals surface area contributed by atoms with E-state index in [1.807, 2.05) is 30.3 Å². The third-order valence-electron chi connectivity index (χ3n) is 3.66. The van der Waals surface area contributed by atoms with Gasteiger partial charge in [0.05, 0.1) is 19.9 Å². The van der Waals surface area contributed by atoms with Crippen molar-refractivity contribution in [3.8, 4) is 11.5 Å². The molecule has 0 bridgehead atoms. The summed E-state index contributed by atoms with van der Waals surface area (Å²) in [5.41, 5.74) is 1.91. The van der Waals surface area contributed by atoms with Crippen LogP contribution in [0.25, 0.3) is 0 Å². The summed E-state index contributed by atoms with van der Waals surface area (Å²) in [6, 6.07) is 13.0. The van der Waals surface area contributed by atoms with Gasteiger partial charge in [-0.3, -0.25) is 9.59 Å². The lowest BCUT2D eigenvalue weighted by Crippen LogP contribution is -2.15. The van der Waals surface area contributed by atoms with Crippen LogP contribution in [-0.4, -0.2) is 25.9 Å². The smallest absolute Gasteiger partial charge is 0.224 e. The summed E-state index contributed by atoms with van der Waals surface area (Å²) in [6.45, 7) is 1.45. The summed E-state index contributed by atoms with van der Waals surface area (Å²) in [5.74, 6) is 0.591. The Labute approximate surface area is 141 Å². The van der Waals surface area contributed by atoms with Crippen LogP contribution in [0, 0.1) is 0 Å². The number of rotatable bonds is 7. The second kappa shape index (κ2) is 8.15. The number of methoxy groups -OCH3 is 2. The lowest BCUT2D eigenvalue weighted by Gasteiger charge is -2.14. The summed E-state index contributed by atoms with van der Waals surface area (Å²) < 4.78 is 10.4. The molecule has 2 aromatic carbocycles. The predicted octanol–water partition coefficient (Wildman–Crippen LogP) is 3.48. The van der Waals surface area contributed by atoms with E-state index in [4.69, 9.17) is 9.47 Å². The van der Waals surface area contributed by atoms with E-state index in [9.17, 15) is 9.59 Å². The monoisotopic (exact) mass is 327 g/mol. The van der Waals surface area contributed by atoms with Gasteiger partial charge in [-0.1, -0.05) is 30.3 Å². The number of carbonyl (C=O) groups excluding carboxylic acids is 2. The number of ketones is 1. The number of amides is 1. The van der Waals surface area contributed by atoms with Crippen molar-refractivity contribution in [3.63, 3.8) is 0 Å². The maximum Gasteiger partial charge on any atom is 0.224 e. The van der Waals surface area contributed by atoms with Crippen molar-refractivity contribution < 1.29 is 19.1 Å². The fourth-order valence-electron chi connectivity index (χ4n) is 2.39. The van der Waals surface area contributed by atoms with E-state index in [1.165, 1.54) is 21.1 Å². The largest absolute Gasteiger partial charge is 0.493 e. The van der Waals surface area contributed by atoms with Crippen LogP contribution in [-0.2, 0) is 11.2 Å².